The van der Waals surface area contributed by atoms with Crippen LogP contribution in [0.3, 0.4) is 0 Å². The molecule has 1 fully saturated rings. The van der Waals surface area contributed by atoms with Crippen LogP contribution in [0.1, 0.15) is 13.3 Å². The molecule has 2 aromatic carbocycles. The zero-order valence-electron chi connectivity index (χ0n) is 14.8. The molecule has 0 unspecified atom stereocenters. The van der Waals surface area contributed by atoms with Gasteiger partial charge in [-0.05, 0) is 25.0 Å². The second-order valence-corrected chi connectivity index (χ2v) is 8.62. The minimum absolute atomic E-state index is 0.0488. The summed E-state index contributed by atoms with van der Waals surface area (Å²) in [6.07, 6.45) is 0.502. The standard InChI is InChI=1S/C20H23NO4S/c1-2-21(17-12-13-26(23,24)15-17)20(22)14-25-19-11-7-6-10-18(19)16-8-4-3-5-9-16/h3-11,17H,2,12-15H2,1H3/t17-/m1/s1. The lowest BCUT2D eigenvalue weighted by molar-refractivity contribution is -0.135. The van der Waals surface area contributed by atoms with E-state index in [9.17, 15) is 13.2 Å². The van der Waals surface area contributed by atoms with Crippen molar-refractivity contribution in [2.45, 2.75) is 19.4 Å². The third-order valence-corrected chi connectivity index (χ3v) is 6.38. The average Bonchev–Trinajstić information content (AvgIpc) is 3.01. The molecule has 5 nitrogen and oxygen atoms in total. The van der Waals surface area contributed by atoms with Gasteiger partial charge in [0.25, 0.3) is 5.91 Å². The molecule has 0 spiro atoms. The second kappa shape index (κ2) is 7.91. The molecule has 26 heavy (non-hydrogen) atoms. The summed E-state index contributed by atoms with van der Waals surface area (Å²) in [5.41, 5.74) is 1.94. The first-order valence-corrected chi connectivity index (χ1v) is 10.6. The van der Waals surface area contributed by atoms with Gasteiger partial charge in [-0.15, -0.1) is 0 Å². The number of hydrogen-bond acceptors (Lipinski definition) is 4. The Bertz CT molecular complexity index is 864. The van der Waals surface area contributed by atoms with Crippen molar-refractivity contribution in [3.05, 3.63) is 54.6 Å². The van der Waals surface area contributed by atoms with E-state index in [-0.39, 0.29) is 30.1 Å². The van der Waals surface area contributed by atoms with E-state index in [2.05, 4.69) is 0 Å². The van der Waals surface area contributed by atoms with Gasteiger partial charge in [-0.25, -0.2) is 8.42 Å². The number of carbonyl (C=O) groups is 1. The lowest BCUT2D eigenvalue weighted by Gasteiger charge is -2.27. The summed E-state index contributed by atoms with van der Waals surface area (Å²) >= 11 is 0. The van der Waals surface area contributed by atoms with Crippen molar-refractivity contribution < 1.29 is 17.9 Å². The second-order valence-electron chi connectivity index (χ2n) is 6.39. The Balaban J connectivity index is 1.70. The fourth-order valence-corrected chi connectivity index (χ4v) is 5.06. The molecule has 0 aromatic heterocycles. The molecule has 1 atom stereocenters. The van der Waals surface area contributed by atoms with Crippen molar-refractivity contribution in [2.24, 2.45) is 0 Å². The third-order valence-electron chi connectivity index (χ3n) is 4.63. The number of carbonyl (C=O) groups excluding carboxylic acids is 1. The summed E-state index contributed by atoms with van der Waals surface area (Å²) in [4.78, 5) is 14.2. The van der Waals surface area contributed by atoms with Gasteiger partial charge in [0.2, 0.25) is 0 Å². The molecular weight excluding hydrogens is 350 g/mol. The van der Waals surface area contributed by atoms with Crippen LogP contribution in [0.5, 0.6) is 5.75 Å². The Morgan fingerprint density at radius 3 is 2.46 bits per heavy atom. The van der Waals surface area contributed by atoms with Crippen LogP contribution in [0.25, 0.3) is 11.1 Å². The molecule has 0 saturated carbocycles. The predicted molar refractivity (Wildman–Crippen MR) is 102 cm³/mol. The predicted octanol–water partition coefficient (Wildman–Crippen LogP) is 2.77. The summed E-state index contributed by atoms with van der Waals surface area (Å²) < 4.78 is 29.2. The molecule has 0 radical (unpaired) electrons. The van der Waals surface area contributed by atoms with E-state index in [1.165, 1.54) is 0 Å². The van der Waals surface area contributed by atoms with E-state index in [4.69, 9.17) is 4.74 Å². The maximum atomic E-state index is 12.6. The van der Waals surface area contributed by atoms with Crippen molar-refractivity contribution in [1.82, 2.24) is 4.90 Å². The molecule has 6 heteroatoms. The smallest absolute Gasteiger partial charge is 0.260 e. The quantitative estimate of drug-likeness (QED) is 0.781. The number of amides is 1. The number of rotatable bonds is 6. The van der Waals surface area contributed by atoms with Crippen LogP contribution < -0.4 is 4.74 Å². The van der Waals surface area contributed by atoms with Gasteiger partial charge in [-0.2, -0.15) is 0 Å². The first kappa shape index (κ1) is 18.5. The van der Waals surface area contributed by atoms with Gasteiger partial charge >= 0.3 is 0 Å². The van der Waals surface area contributed by atoms with Crippen molar-refractivity contribution in [1.29, 1.82) is 0 Å². The van der Waals surface area contributed by atoms with Crippen LogP contribution in [-0.4, -0.2) is 49.9 Å². The normalized spacial score (nSPS) is 18.4. The van der Waals surface area contributed by atoms with Crippen LogP contribution in [0.15, 0.2) is 54.6 Å². The largest absolute Gasteiger partial charge is 0.483 e. The highest BCUT2D eigenvalue weighted by Crippen LogP contribution is 2.29. The van der Waals surface area contributed by atoms with Gasteiger partial charge in [-0.3, -0.25) is 4.79 Å². The van der Waals surface area contributed by atoms with Crippen molar-refractivity contribution >= 4 is 15.7 Å². The Hall–Kier alpha value is -2.34. The van der Waals surface area contributed by atoms with Crippen molar-refractivity contribution in [3.63, 3.8) is 0 Å². The molecule has 3 rings (SSSR count). The highest BCUT2D eigenvalue weighted by atomic mass is 32.2. The molecule has 0 bridgehead atoms. The van der Waals surface area contributed by atoms with E-state index >= 15 is 0 Å². The molecule has 1 saturated heterocycles. The molecule has 1 heterocycles. The van der Waals surface area contributed by atoms with Gasteiger partial charge in [-0.1, -0.05) is 48.5 Å². The van der Waals surface area contributed by atoms with Crippen LogP contribution in [-0.2, 0) is 14.6 Å². The van der Waals surface area contributed by atoms with Crippen LogP contribution in [0.2, 0.25) is 0 Å². The number of benzene rings is 2. The highest BCUT2D eigenvalue weighted by molar-refractivity contribution is 7.91. The third kappa shape index (κ3) is 4.25. The Labute approximate surface area is 154 Å². The average molecular weight is 373 g/mol. The van der Waals surface area contributed by atoms with E-state index in [0.29, 0.717) is 18.7 Å². The molecule has 0 N–H and O–H groups in total. The SMILES string of the molecule is CCN(C(=O)COc1ccccc1-c1ccccc1)[C@@H]1CCS(=O)(=O)C1. The molecule has 0 aliphatic carbocycles. The molecular formula is C20H23NO4S. The number of sulfone groups is 1. The van der Waals surface area contributed by atoms with Gasteiger partial charge in [0.1, 0.15) is 5.75 Å². The first-order valence-electron chi connectivity index (χ1n) is 8.77. The minimum Gasteiger partial charge on any atom is -0.483 e. The lowest BCUT2D eigenvalue weighted by atomic mass is 10.1. The highest BCUT2D eigenvalue weighted by Gasteiger charge is 2.34. The zero-order valence-corrected chi connectivity index (χ0v) is 15.6. The number of nitrogens with zero attached hydrogens (tertiary/aromatic N) is 1. The fraction of sp³-hybridized carbons (Fsp3) is 0.350. The topological polar surface area (TPSA) is 63.7 Å². The Morgan fingerprint density at radius 1 is 1.12 bits per heavy atom. The van der Waals surface area contributed by atoms with E-state index in [0.717, 1.165) is 11.1 Å². The van der Waals surface area contributed by atoms with Crippen molar-refractivity contribution in [3.8, 4) is 16.9 Å². The number of ether oxygens (including phenoxy) is 1. The Kier molecular flexibility index (Phi) is 5.61. The number of hydrogen-bond donors (Lipinski definition) is 0. The van der Waals surface area contributed by atoms with Gasteiger partial charge < -0.3 is 9.64 Å². The number of likely N-dealkylation sites (N-methyl/N-ethyl adjacent to an activating group) is 1. The first-order chi connectivity index (χ1) is 12.5. The van der Waals surface area contributed by atoms with E-state index < -0.39 is 9.84 Å². The lowest BCUT2D eigenvalue weighted by Crippen LogP contribution is -2.43. The number of para-hydroxylation sites is 1. The van der Waals surface area contributed by atoms with Crippen LogP contribution >= 0.6 is 0 Å². The maximum absolute atomic E-state index is 12.6. The van der Waals surface area contributed by atoms with Gasteiger partial charge in [0, 0.05) is 18.2 Å². The fourth-order valence-electron chi connectivity index (χ4n) is 3.33. The minimum atomic E-state index is -3.03. The zero-order chi connectivity index (χ0) is 18.6. The summed E-state index contributed by atoms with van der Waals surface area (Å²) in [5, 5.41) is 0. The van der Waals surface area contributed by atoms with E-state index in [1.807, 2.05) is 61.5 Å². The molecule has 1 amide bonds. The van der Waals surface area contributed by atoms with Gasteiger partial charge in [0.05, 0.1) is 11.5 Å². The summed E-state index contributed by atoms with van der Waals surface area (Å²) in [6.45, 7) is 2.23. The molecule has 1 aliphatic heterocycles. The van der Waals surface area contributed by atoms with E-state index in [1.54, 1.807) is 4.90 Å². The van der Waals surface area contributed by atoms with Crippen molar-refractivity contribution in [2.75, 3.05) is 24.7 Å². The Morgan fingerprint density at radius 2 is 1.81 bits per heavy atom. The summed E-state index contributed by atoms with van der Waals surface area (Å²) in [5.74, 6) is 0.659. The summed E-state index contributed by atoms with van der Waals surface area (Å²) in [7, 11) is -3.03. The molecule has 1 aliphatic rings. The maximum Gasteiger partial charge on any atom is 0.260 e. The molecule has 138 valence electrons. The summed E-state index contributed by atoms with van der Waals surface area (Å²) in [6, 6.07) is 17.2. The van der Waals surface area contributed by atoms with Crippen LogP contribution in [0.4, 0.5) is 0 Å². The van der Waals surface area contributed by atoms with Crippen LogP contribution in [0, 0.1) is 0 Å². The van der Waals surface area contributed by atoms with Gasteiger partial charge in [0.15, 0.2) is 16.4 Å². The monoisotopic (exact) mass is 373 g/mol. The molecule has 2 aromatic rings.